The van der Waals surface area contributed by atoms with Crippen LogP contribution >= 0.6 is 0 Å². The zero-order valence-electron chi connectivity index (χ0n) is 11.4. The number of hydrogen-bond donors (Lipinski definition) is 1. The summed E-state index contributed by atoms with van der Waals surface area (Å²) in [7, 11) is 0. The van der Waals surface area contributed by atoms with Crippen molar-refractivity contribution in [1.82, 2.24) is 0 Å². The van der Waals surface area contributed by atoms with Crippen molar-refractivity contribution in [3.8, 4) is 0 Å². The Morgan fingerprint density at radius 3 is 1.94 bits per heavy atom. The molecular formula is C14H30NNaO2. The summed E-state index contributed by atoms with van der Waals surface area (Å²) in [6.07, 6.45) is 12.0. The number of esters is 1. The number of carbonyl (C=O) groups excluding carboxylic acids is 1. The van der Waals surface area contributed by atoms with E-state index < -0.39 is 0 Å². The molecule has 0 aliphatic heterocycles. The van der Waals surface area contributed by atoms with E-state index in [2.05, 4.69) is 6.92 Å². The number of carbonyl (C=O) groups is 1. The number of hydrogen-bond acceptors (Lipinski definition) is 3. The summed E-state index contributed by atoms with van der Waals surface area (Å²) in [5.41, 5.74) is 5.24. The van der Waals surface area contributed by atoms with Crippen molar-refractivity contribution in [2.75, 3.05) is 13.2 Å². The van der Waals surface area contributed by atoms with Gasteiger partial charge < -0.3 is 10.5 Å². The molecule has 0 spiro atoms. The van der Waals surface area contributed by atoms with E-state index in [4.69, 9.17) is 10.5 Å². The van der Waals surface area contributed by atoms with E-state index in [9.17, 15) is 4.79 Å². The van der Waals surface area contributed by atoms with E-state index in [0.29, 0.717) is 19.6 Å². The second kappa shape index (κ2) is 17.4. The summed E-state index contributed by atoms with van der Waals surface area (Å²) >= 11 is 0. The third kappa shape index (κ3) is 16.4. The maximum absolute atomic E-state index is 11.1. The second-order valence-corrected chi connectivity index (χ2v) is 4.59. The van der Waals surface area contributed by atoms with E-state index in [-0.39, 0.29) is 35.5 Å². The Morgan fingerprint density at radius 2 is 1.44 bits per heavy atom. The van der Waals surface area contributed by atoms with E-state index >= 15 is 0 Å². The monoisotopic (exact) mass is 267 g/mol. The molecule has 0 aliphatic rings. The number of nitrogens with two attached hydrogens (primary N) is 1. The molecule has 2 N–H and O–H groups in total. The summed E-state index contributed by atoms with van der Waals surface area (Å²) in [6.45, 7) is 3.02. The normalized spacial score (nSPS) is 9.89. The molecule has 0 aromatic rings. The fraction of sp³-hybridized carbons (Fsp3) is 0.929. The Kier molecular flexibility index (Phi) is 20.1. The van der Waals surface area contributed by atoms with Crippen molar-refractivity contribution in [3.63, 3.8) is 0 Å². The zero-order chi connectivity index (χ0) is 12.8. The van der Waals surface area contributed by atoms with Crippen LogP contribution in [0.5, 0.6) is 0 Å². The Labute approximate surface area is 135 Å². The van der Waals surface area contributed by atoms with Gasteiger partial charge in [0.2, 0.25) is 0 Å². The molecule has 18 heavy (non-hydrogen) atoms. The molecule has 0 rings (SSSR count). The first-order chi connectivity index (χ1) is 8.31. The molecule has 0 bridgehead atoms. The minimum atomic E-state index is -0.0987. The van der Waals surface area contributed by atoms with Crippen LogP contribution in [0.4, 0.5) is 0 Å². The average molecular weight is 267 g/mol. The summed E-state index contributed by atoms with van der Waals surface area (Å²) in [5.74, 6) is -0.0987. The predicted octanol–water partition coefficient (Wildman–Crippen LogP) is 2.76. The summed E-state index contributed by atoms with van der Waals surface area (Å²) in [6, 6.07) is 0. The quantitative estimate of drug-likeness (QED) is 0.336. The third-order valence-electron chi connectivity index (χ3n) is 2.87. The summed E-state index contributed by atoms with van der Waals surface area (Å²) in [5, 5.41) is 0. The summed E-state index contributed by atoms with van der Waals surface area (Å²) < 4.78 is 4.90. The maximum atomic E-state index is 11.1. The van der Waals surface area contributed by atoms with Gasteiger partial charge in [0, 0.05) is 13.0 Å². The number of unbranched alkanes of at least 4 members (excludes halogenated alkanes) is 8. The minimum absolute atomic E-state index is 0. The average Bonchev–Trinajstić information content (AvgIpc) is 2.34. The van der Waals surface area contributed by atoms with Crippen LogP contribution in [0, 0.1) is 0 Å². The van der Waals surface area contributed by atoms with E-state index in [1.54, 1.807) is 0 Å². The molecule has 0 saturated carbocycles. The molecule has 0 radical (unpaired) electrons. The SMILES string of the molecule is CCCCCCCCCCCC(=O)OCCN.[NaH]. The van der Waals surface area contributed by atoms with Crippen LogP contribution in [-0.2, 0) is 9.53 Å². The molecule has 3 nitrogen and oxygen atoms in total. The molecule has 0 heterocycles. The molecule has 0 unspecified atom stereocenters. The summed E-state index contributed by atoms with van der Waals surface area (Å²) in [4.78, 5) is 11.1. The van der Waals surface area contributed by atoms with Crippen molar-refractivity contribution in [2.24, 2.45) is 5.73 Å². The van der Waals surface area contributed by atoms with E-state index in [1.807, 2.05) is 0 Å². The first-order valence-electron chi connectivity index (χ1n) is 7.17. The van der Waals surface area contributed by atoms with Crippen molar-refractivity contribution in [3.05, 3.63) is 0 Å². The van der Waals surface area contributed by atoms with E-state index in [1.165, 1.54) is 44.9 Å². The number of rotatable bonds is 12. The van der Waals surface area contributed by atoms with Crippen LogP contribution in [-0.4, -0.2) is 48.7 Å². The molecule has 0 fully saturated rings. The van der Waals surface area contributed by atoms with Crippen LogP contribution in [0.25, 0.3) is 0 Å². The first-order valence-corrected chi connectivity index (χ1v) is 7.17. The molecule has 0 aliphatic carbocycles. The van der Waals surface area contributed by atoms with Crippen molar-refractivity contribution in [1.29, 1.82) is 0 Å². The fourth-order valence-electron chi connectivity index (χ4n) is 1.82. The van der Waals surface area contributed by atoms with Gasteiger partial charge >= 0.3 is 35.5 Å². The van der Waals surface area contributed by atoms with Crippen LogP contribution in [0.15, 0.2) is 0 Å². The van der Waals surface area contributed by atoms with Crippen LogP contribution in [0.2, 0.25) is 0 Å². The van der Waals surface area contributed by atoms with Gasteiger partial charge in [-0.05, 0) is 6.42 Å². The molecule has 0 atom stereocenters. The predicted molar refractivity (Wildman–Crippen MR) is 79.0 cm³/mol. The van der Waals surface area contributed by atoms with Gasteiger partial charge in [0.15, 0.2) is 0 Å². The van der Waals surface area contributed by atoms with Gasteiger partial charge in [0.25, 0.3) is 0 Å². The Balaban J connectivity index is 0. The van der Waals surface area contributed by atoms with Gasteiger partial charge in [-0.15, -0.1) is 0 Å². The molecule has 0 aromatic carbocycles. The zero-order valence-corrected chi connectivity index (χ0v) is 11.4. The van der Waals surface area contributed by atoms with E-state index in [0.717, 1.165) is 12.8 Å². The standard InChI is InChI=1S/C14H29NO2.Na.H/c1-2-3-4-5-6-7-8-9-10-11-14(16)17-13-12-15;;/h2-13,15H2,1H3;;. The molecule has 0 aromatic heterocycles. The van der Waals surface area contributed by atoms with Gasteiger partial charge in [-0.2, -0.15) is 0 Å². The Hall–Kier alpha value is 0.430. The first kappa shape index (κ1) is 20.7. The second-order valence-electron chi connectivity index (χ2n) is 4.59. The van der Waals surface area contributed by atoms with Crippen molar-refractivity contribution in [2.45, 2.75) is 71.1 Å². The van der Waals surface area contributed by atoms with Crippen LogP contribution in [0.3, 0.4) is 0 Å². The van der Waals surface area contributed by atoms with Crippen LogP contribution in [0.1, 0.15) is 71.1 Å². The van der Waals surface area contributed by atoms with Gasteiger partial charge in [0.05, 0.1) is 0 Å². The van der Waals surface area contributed by atoms with Crippen molar-refractivity contribution < 1.29 is 9.53 Å². The van der Waals surface area contributed by atoms with Gasteiger partial charge in [0.1, 0.15) is 6.61 Å². The van der Waals surface area contributed by atoms with Crippen LogP contribution < -0.4 is 5.73 Å². The van der Waals surface area contributed by atoms with Gasteiger partial charge in [-0.3, -0.25) is 4.79 Å². The fourth-order valence-corrected chi connectivity index (χ4v) is 1.82. The van der Waals surface area contributed by atoms with Crippen molar-refractivity contribution >= 4 is 35.5 Å². The van der Waals surface area contributed by atoms with Gasteiger partial charge in [-0.1, -0.05) is 58.3 Å². The molecule has 0 amide bonds. The Morgan fingerprint density at radius 1 is 0.944 bits per heavy atom. The number of ether oxygens (including phenoxy) is 1. The molecule has 0 saturated heterocycles. The third-order valence-corrected chi connectivity index (χ3v) is 2.87. The topological polar surface area (TPSA) is 52.3 Å². The molecule has 104 valence electrons. The Bertz CT molecular complexity index is 177. The molecular weight excluding hydrogens is 237 g/mol. The molecule has 4 heteroatoms. The van der Waals surface area contributed by atoms with Gasteiger partial charge in [-0.25, -0.2) is 0 Å².